The van der Waals surface area contributed by atoms with E-state index in [2.05, 4.69) is 16.3 Å². The van der Waals surface area contributed by atoms with Gasteiger partial charge >= 0.3 is 6.16 Å². The van der Waals surface area contributed by atoms with Crippen molar-refractivity contribution in [3.05, 3.63) is 60.2 Å². The molecular weight excluding hydrogens is 490 g/mol. The van der Waals surface area contributed by atoms with E-state index in [1.807, 2.05) is 41.2 Å². The number of nitrogens with two attached hydrogens (primary N) is 1. The lowest BCUT2D eigenvalue weighted by molar-refractivity contribution is -0.00297. The molecule has 0 spiro atoms. The summed E-state index contributed by atoms with van der Waals surface area (Å²) in [5.74, 6) is 0.474. The van der Waals surface area contributed by atoms with Crippen LogP contribution in [-0.2, 0) is 9.47 Å². The van der Waals surface area contributed by atoms with Crippen LogP contribution in [0.5, 0.6) is 0 Å². The van der Waals surface area contributed by atoms with E-state index in [9.17, 15) is 5.26 Å². The van der Waals surface area contributed by atoms with Crippen LogP contribution in [0.2, 0.25) is 0 Å². The van der Waals surface area contributed by atoms with Crippen LogP contribution < -0.4 is 5.73 Å². The highest BCUT2D eigenvalue weighted by Crippen LogP contribution is 2.37. The van der Waals surface area contributed by atoms with E-state index < -0.39 is 6.16 Å². The zero-order valence-corrected chi connectivity index (χ0v) is 20.9. The molecule has 1 aliphatic rings. The second kappa shape index (κ2) is 12.2. The highest BCUT2D eigenvalue weighted by Gasteiger charge is 2.28. The lowest BCUT2D eigenvalue weighted by Gasteiger charge is -2.29. The van der Waals surface area contributed by atoms with Gasteiger partial charge in [-0.2, -0.15) is 20.0 Å². The van der Waals surface area contributed by atoms with Crippen LogP contribution in [-0.4, -0.2) is 67.2 Å². The van der Waals surface area contributed by atoms with Crippen LogP contribution in [0.15, 0.2) is 48.9 Å². The van der Waals surface area contributed by atoms with Gasteiger partial charge in [0.2, 0.25) is 0 Å². The molecule has 0 radical (unpaired) electrons. The number of nitrogen functional groups attached to an aromatic ring is 1. The van der Waals surface area contributed by atoms with E-state index in [1.165, 1.54) is 0 Å². The molecule has 4 N–H and O–H groups in total. The average Bonchev–Trinajstić information content (AvgIpc) is 3.57. The molecule has 0 atom stereocenters. The van der Waals surface area contributed by atoms with Crippen molar-refractivity contribution < 1.29 is 24.5 Å². The first-order valence-electron chi connectivity index (χ1n) is 12.1. The number of carbonyl (C=O) groups is 1. The number of anilines is 1. The lowest BCUT2D eigenvalue weighted by atomic mass is 9.83. The standard InChI is InChI=1S/C25H27N7O2.CH2O3/c1-33-11-12-34-20-9-7-17(8-10-20)23-21(13-26)24(27)32-25(30-23)22(15-29-32)18-14-28-31(16-18)19-5-3-2-4-6-19;2-1(3)4/h2-6,14-17,20H,7-12,27H2,1H3;(H2,2,3,4)/t17-,20-;. The third kappa shape index (κ3) is 5.91. The Kier molecular flexibility index (Phi) is 8.52. The fraction of sp³-hybridized carbons (Fsp3) is 0.346. The largest absolute Gasteiger partial charge is 0.503 e. The zero-order valence-electron chi connectivity index (χ0n) is 20.9. The number of nitrogens with zero attached hydrogens (tertiary/aromatic N) is 6. The Bertz CT molecular complexity index is 1420. The topological polar surface area (TPSA) is 174 Å². The van der Waals surface area contributed by atoms with Gasteiger partial charge in [0.15, 0.2) is 5.65 Å². The number of carboxylic acid groups (broad SMARTS) is 2. The Labute approximate surface area is 218 Å². The molecule has 12 heteroatoms. The number of benzene rings is 1. The van der Waals surface area contributed by atoms with Gasteiger partial charge < -0.3 is 25.4 Å². The van der Waals surface area contributed by atoms with Gasteiger partial charge in [0, 0.05) is 30.4 Å². The van der Waals surface area contributed by atoms with Gasteiger partial charge in [-0.25, -0.2) is 14.5 Å². The van der Waals surface area contributed by atoms with Gasteiger partial charge in [-0.05, 0) is 37.8 Å². The molecule has 3 heterocycles. The molecule has 0 unspecified atom stereocenters. The van der Waals surface area contributed by atoms with Gasteiger partial charge in [0.05, 0.1) is 43.1 Å². The molecule has 1 aliphatic carbocycles. The van der Waals surface area contributed by atoms with E-state index in [4.69, 9.17) is 35.2 Å². The fourth-order valence-electron chi connectivity index (χ4n) is 4.63. The van der Waals surface area contributed by atoms with E-state index in [0.29, 0.717) is 30.2 Å². The molecular formula is C26H29N7O5. The van der Waals surface area contributed by atoms with E-state index in [-0.39, 0.29) is 12.0 Å². The van der Waals surface area contributed by atoms with Gasteiger partial charge in [-0.1, -0.05) is 18.2 Å². The summed E-state index contributed by atoms with van der Waals surface area (Å²) in [6, 6.07) is 12.2. The summed E-state index contributed by atoms with van der Waals surface area (Å²) in [5, 5.41) is 32.8. The average molecular weight is 520 g/mol. The molecule has 0 bridgehead atoms. The number of ether oxygens (including phenoxy) is 2. The Morgan fingerprint density at radius 1 is 1.13 bits per heavy atom. The smallest absolute Gasteiger partial charge is 0.450 e. The van der Waals surface area contributed by atoms with Gasteiger partial charge in [-0.15, -0.1) is 0 Å². The van der Waals surface area contributed by atoms with Crippen LogP contribution in [0.1, 0.15) is 42.9 Å². The highest BCUT2D eigenvalue weighted by molar-refractivity contribution is 5.78. The number of fused-ring (bicyclic) bond motifs is 1. The molecule has 0 aliphatic heterocycles. The Morgan fingerprint density at radius 3 is 2.50 bits per heavy atom. The van der Waals surface area contributed by atoms with Crippen LogP contribution in [0.4, 0.5) is 10.6 Å². The predicted octanol–water partition coefficient (Wildman–Crippen LogP) is 3.95. The summed E-state index contributed by atoms with van der Waals surface area (Å²) >= 11 is 0. The Balaban J connectivity index is 0.000000786. The van der Waals surface area contributed by atoms with Crippen molar-refractivity contribution in [2.75, 3.05) is 26.1 Å². The maximum Gasteiger partial charge on any atom is 0.503 e. The third-order valence-corrected chi connectivity index (χ3v) is 6.44. The zero-order chi connectivity index (χ0) is 27.1. The molecule has 38 heavy (non-hydrogen) atoms. The first kappa shape index (κ1) is 26.6. The number of methoxy groups -OCH3 is 1. The highest BCUT2D eigenvalue weighted by atomic mass is 16.6. The van der Waals surface area contributed by atoms with Crippen molar-refractivity contribution >= 4 is 17.6 Å². The summed E-state index contributed by atoms with van der Waals surface area (Å²) in [6.45, 7) is 1.19. The third-order valence-electron chi connectivity index (χ3n) is 6.44. The lowest BCUT2D eigenvalue weighted by Crippen LogP contribution is -2.23. The fourth-order valence-corrected chi connectivity index (χ4v) is 4.63. The van der Waals surface area contributed by atoms with Gasteiger partial charge in [0.25, 0.3) is 0 Å². The van der Waals surface area contributed by atoms with Crippen LogP contribution in [0, 0.1) is 11.3 Å². The Hall–Kier alpha value is -4.47. The molecule has 0 amide bonds. The minimum absolute atomic E-state index is 0.152. The maximum absolute atomic E-state index is 9.87. The molecule has 12 nitrogen and oxygen atoms in total. The monoisotopic (exact) mass is 519 g/mol. The van der Waals surface area contributed by atoms with Crippen LogP contribution >= 0.6 is 0 Å². The molecule has 0 saturated heterocycles. The van der Waals surface area contributed by atoms with Crippen molar-refractivity contribution in [3.8, 4) is 22.9 Å². The molecule has 5 rings (SSSR count). The first-order chi connectivity index (χ1) is 18.4. The van der Waals surface area contributed by atoms with Crippen molar-refractivity contribution in [1.82, 2.24) is 24.4 Å². The second-order valence-corrected chi connectivity index (χ2v) is 8.79. The molecule has 198 valence electrons. The van der Waals surface area contributed by atoms with Crippen molar-refractivity contribution in [1.29, 1.82) is 5.26 Å². The number of nitriles is 1. The summed E-state index contributed by atoms with van der Waals surface area (Å²) in [4.78, 5) is 13.5. The van der Waals surface area contributed by atoms with Crippen molar-refractivity contribution in [2.45, 2.75) is 37.7 Å². The van der Waals surface area contributed by atoms with Crippen molar-refractivity contribution in [3.63, 3.8) is 0 Å². The van der Waals surface area contributed by atoms with Crippen LogP contribution in [0.25, 0.3) is 22.5 Å². The quantitative estimate of drug-likeness (QED) is 0.303. The molecule has 3 aromatic heterocycles. The van der Waals surface area contributed by atoms with Crippen molar-refractivity contribution in [2.24, 2.45) is 0 Å². The van der Waals surface area contributed by atoms with E-state index in [1.54, 1.807) is 24.0 Å². The SMILES string of the molecule is COCCO[C@H]1CC[C@H](c2nc3c(-c4cnn(-c5ccccc5)c4)cnn3c(N)c2C#N)CC1.O=C(O)O. The summed E-state index contributed by atoms with van der Waals surface area (Å²) < 4.78 is 14.3. The maximum atomic E-state index is 9.87. The Morgan fingerprint density at radius 2 is 1.84 bits per heavy atom. The van der Waals surface area contributed by atoms with Gasteiger partial charge in [-0.3, -0.25) is 0 Å². The number of para-hydroxylation sites is 1. The number of aromatic nitrogens is 5. The molecule has 1 fully saturated rings. The number of hydrogen-bond acceptors (Lipinski definition) is 8. The molecule has 1 aromatic carbocycles. The predicted molar refractivity (Wildman–Crippen MR) is 138 cm³/mol. The molecule has 1 saturated carbocycles. The number of rotatable bonds is 7. The molecule has 4 aromatic rings. The second-order valence-electron chi connectivity index (χ2n) is 8.79. The summed E-state index contributed by atoms with van der Waals surface area (Å²) in [7, 11) is 1.67. The number of hydrogen-bond donors (Lipinski definition) is 3. The minimum atomic E-state index is -1.83. The van der Waals surface area contributed by atoms with Crippen LogP contribution in [0.3, 0.4) is 0 Å². The first-order valence-corrected chi connectivity index (χ1v) is 12.1. The van der Waals surface area contributed by atoms with Gasteiger partial charge in [0.1, 0.15) is 17.5 Å². The summed E-state index contributed by atoms with van der Waals surface area (Å²) in [6.07, 6.45) is 7.48. The van der Waals surface area contributed by atoms with E-state index in [0.717, 1.165) is 48.2 Å². The normalized spacial score (nSPS) is 16.9. The summed E-state index contributed by atoms with van der Waals surface area (Å²) in [5.41, 5.74) is 10.9. The minimum Gasteiger partial charge on any atom is -0.450 e. The van der Waals surface area contributed by atoms with E-state index >= 15 is 0 Å².